The van der Waals surface area contributed by atoms with Crippen LogP contribution in [0.4, 0.5) is 0 Å². The Hall–Kier alpha value is -3.53. The van der Waals surface area contributed by atoms with E-state index in [0.29, 0.717) is 39.3 Å². The molecule has 0 spiro atoms. The molecule has 0 radical (unpaired) electrons. The van der Waals surface area contributed by atoms with Crippen LogP contribution in [0.25, 0.3) is 11.3 Å². The van der Waals surface area contributed by atoms with Crippen LogP contribution in [-0.4, -0.2) is 64.8 Å². The first-order chi connectivity index (χ1) is 19.4. The Morgan fingerprint density at radius 1 is 1.25 bits per heavy atom. The fraction of sp³-hybridized carbons (Fsp3) is 0.400. The van der Waals surface area contributed by atoms with Gasteiger partial charge in [-0.05, 0) is 55.0 Å². The first-order valence-corrected chi connectivity index (χ1v) is 13.8. The van der Waals surface area contributed by atoms with Gasteiger partial charge >= 0.3 is 0 Å². The fourth-order valence-electron chi connectivity index (χ4n) is 5.26. The number of ether oxygens (including phenoxy) is 2. The lowest BCUT2D eigenvalue weighted by Crippen LogP contribution is -2.49. The van der Waals surface area contributed by atoms with E-state index in [9.17, 15) is 14.7 Å². The summed E-state index contributed by atoms with van der Waals surface area (Å²) in [5.41, 5.74) is 3.35. The number of carbonyl (C=O) groups excluding carboxylic acids is 2. The number of carbonyl (C=O) groups is 2. The lowest BCUT2D eigenvalue weighted by Gasteiger charge is -2.27. The molecule has 1 fully saturated rings. The highest BCUT2D eigenvalue weighted by Gasteiger charge is 2.37. The predicted molar refractivity (Wildman–Crippen MR) is 150 cm³/mol. The van der Waals surface area contributed by atoms with Crippen LogP contribution in [0.15, 0.2) is 48.7 Å². The van der Waals surface area contributed by atoms with Gasteiger partial charge in [-0.15, -0.1) is 0 Å². The molecule has 0 unspecified atom stereocenters. The van der Waals surface area contributed by atoms with Crippen molar-refractivity contribution in [3.63, 3.8) is 0 Å². The van der Waals surface area contributed by atoms with Crippen LogP contribution in [0, 0.1) is 5.92 Å². The molecule has 9 nitrogen and oxygen atoms in total. The van der Waals surface area contributed by atoms with Gasteiger partial charge < -0.3 is 24.8 Å². The summed E-state index contributed by atoms with van der Waals surface area (Å²) in [5.74, 6) is 1.09. The van der Waals surface area contributed by atoms with Gasteiger partial charge in [-0.1, -0.05) is 35.9 Å². The molecular formula is C30H33ClN4O5. The Morgan fingerprint density at radius 2 is 2.05 bits per heavy atom. The number of nitrogens with zero attached hydrogens (tertiary/aromatic N) is 3. The zero-order valence-corrected chi connectivity index (χ0v) is 23.4. The van der Waals surface area contributed by atoms with E-state index in [0.717, 1.165) is 43.6 Å². The Morgan fingerprint density at radius 3 is 2.80 bits per heavy atom. The number of aliphatic hydroxyl groups is 1. The summed E-state index contributed by atoms with van der Waals surface area (Å²) in [5, 5.41) is 13.5. The Balaban J connectivity index is 1.32. The number of hydrogen-bond donors (Lipinski definition) is 2. The average molecular weight is 565 g/mol. The average Bonchev–Trinajstić information content (AvgIpc) is 3.30. The highest BCUT2D eigenvalue weighted by molar-refractivity contribution is 6.32. The van der Waals surface area contributed by atoms with Crippen molar-refractivity contribution in [1.82, 2.24) is 20.2 Å². The Bertz CT molecular complexity index is 1390. The van der Waals surface area contributed by atoms with E-state index in [1.54, 1.807) is 19.4 Å². The van der Waals surface area contributed by atoms with E-state index < -0.39 is 18.6 Å². The van der Waals surface area contributed by atoms with Crippen molar-refractivity contribution >= 4 is 23.4 Å². The molecule has 0 saturated carbocycles. The number of halogens is 1. The summed E-state index contributed by atoms with van der Waals surface area (Å²) in [6.45, 7) is 3.06. The Labute approximate surface area is 238 Å². The molecule has 1 aromatic heterocycles. The molecule has 2 N–H and O–H groups in total. The van der Waals surface area contributed by atoms with Gasteiger partial charge in [-0.2, -0.15) is 0 Å². The number of rotatable bonds is 9. The van der Waals surface area contributed by atoms with Gasteiger partial charge in [-0.25, -0.2) is 9.97 Å². The third-order valence-corrected chi connectivity index (χ3v) is 7.90. The maximum absolute atomic E-state index is 13.5. The number of hydrogen-bond acceptors (Lipinski definition) is 7. The van der Waals surface area contributed by atoms with Crippen molar-refractivity contribution in [1.29, 1.82) is 0 Å². The van der Waals surface area contributed by atoms with Crippen LogP contribution < -0.4 is 10.1 Å². The summed E-state index contributed by atoms with van der Waals surface area (Å²) in [4.78, 5) is 37.2. The second-order valence-electron chi connectivity index (χ2n) is 10.3. The van der Waals surface area contributed by atoms with Crippen molar-refractivity contribution in [2.75, 3.05) is 26.9 Å². The number of methoxy groups -OCH3 is 1. The maximum Gasteiger partial charge on any atom is 0.255 e. The fourth-order valence-corrected chi connectivity index (χ4v) is 5.46. The molecule has 5 rings (SSSR count). The minimum atomic E-state index is -1.04. The van der Waals surface area contributed by atoms with Crippen molar-refractivity contribution in [3.05, 3.63) is 76.2 Å². The smallest absolute Gasteiger partial charge is 0.255 e. The van der Waals surface area contributed by atoms with Crippen LogP contribution in [0.5, 0.6) is 5.75 Å². The van der Waals surface area contributed by atoms with Gasteiger partial charge in [0, 0.05) is 43.5 Å². The van der Waals surface area contributed by atoms with Gasteiger partial charge in [-0.3, -0.25) is 9.59 Å². The molecule has 2 atom stereocenters. The number of benzene rings is 2. The molecule has 2 amide bonds. The number of fused-ring (bicyclic) bond motifs is 1. The summed E-state index contributed by atoms with van der Waals surface area (Å²) >= 11 is 6.49. The molecule has 0 aliphatic carbocycles. The van der Waals surface area contributed by atoms with Gasteiger partial charge in [0.2, 0.25) is 5.91 Å². The number of aliphatic hydroxyl groups excluding tert-OH is 1. The molecule has 2 aliphatic heterocycles. The van der Waals surface area contributed by atoms with E-state index in [1.165, 1.54) is 4.90 Å². The monoisotopic (exact) mass is 564 g/mol. The number of amides is 2. The zero-order valence-electron chi connectivity index (χ0n) is 22.6. The van der Waals surface area contributed by atoms with Crippen LogP contribution in [0.3, 0.4) is 0 Å². The first kappa shape index (κ1) is 28.0. The summed E-state index contributed by atoms with van der Waals surface area (Å²) in [7, 11) is 1.58. The van der Waals surface area contributed by atoms with Crippen molar-refractivity contribution in [3.8, 4) is 17.0 Å². The molecule has 1 saturated heterocycles. The van der Waals surface area contributed by atoms with E-state index in [4.69, 9.17) is 26.1 Å². The molecule has 3 heterocycles. The predicted octanol–water partition coefficient (Wildman–Crippen LogP) is 3.97. The first-order valence-electron chi connectivity index (χ1n) is 13.5. The molecule has 3 aromatic rings. The second kappa shape index (κ2) is 12.3. The minimum Gasteiger partial charge on any atom is -0.497 e. The largest absolute Gasteiger partial charge is 0.497 e. The molecule has 2 aliphatic rings. The third-order valence-electron chi connectivity index (χ3n) is 7.63. The van der Waals surface area contributed by atoms with E-state index >= 15 is 0 Å². The normalized spacial score (nSPS) is 16.9. The second-order valence-corrected chi connectivity index (χ2v) is 10.7. The van der Waals surface area contributed by atoms with Gasteiger partial charge in [0.25, 0.3) is 5.91 Å². The van der Waals surface area contributed by atoms with Crippen molar-refractivity contribution < 1.29 is 24.2 Å². The molecule has 210 valence electrons. The van der Waals surface area contributed by atoms with E-state index in [-0.39, 0.29) is 18.5 Å². The lowest BCUT2D eigenvalue weighted by molar-refractivity contribution is -0.127. The van der Waals surface area contributed by atoms with Gasteiger partial charge in [0.1, 0.15) is 17.6 Å². The minimum absolute atomic E-state index is 0.215. The Kier molecular flexibility index (Phi) is 8.63. The zero-order chi connectivity index (χ0) is 28.2. The van der Waals surface area contributed by atoms with Crippen LogP contribution in [-0.2, 0) is 22.5 Å². The SMILES string of the molecule is COc1cccc([C@@H](C)NC(=O)[C@H](CO)N2Cc3ccc(-c4nc(CC5CCOCC5)ncc4Cl)cc3C2=O)c1. The van der Waals surface area contributed by atoms with Crippen molar-refractivity contribution in [2.45, 2.75) is 44.8 Å². The van der Waals surface area contributed by atoms with E-state index in [2.05, 4.69) is 10.3 Å². The molecule has 40 heavy (non-hydrogen) atoms. The maximum atomic E-state index is 13.5. The van der Waals surface area contributed by atoms with Gasteiger partial charge in [0.15, 0.2) is 0 Å². The van der Waals surface area contributed by atoms with E-state index in [1.807, 2.05) is 43.3 Å². The van der Waals surface area contributed by atoms with Gasteiger partial charge in [0.05, 0.1) is 30.5 Å². The number of nitrogens with one attached hydrogen (secondary N) is 1. The molecule has 2 aromatic carbocycles. The molecular weight excluding hydrogens is 532 g/mol. The highest BCUT2D eigenvalue weighted by Crippen LogP contribution is 2.32. The highest BCUT2D eigenvalue weighted by atomic mass is 35.5. The van der Waals surface area contributed by atoms with Crippen LogP contribution in [0.1, 0.15) is 53.1 Å². The molecule has 0 bridgehead atoms. The van der Waals surface area contributed by atoms with Crippen molar-refractivity contribution in [2.24, 2.45) is 5.92 Å². The summed E-state index contributed by atoms with van der Waals surface area (Å²) in [6, 6.07) is 11.5. The summed E-state index contributed by atoms with van der Waals surface area (Å²) in [6.07, 6.45) is 4.30. The quantitative estimate of drug-likeness (QED) is 0.404. The number of aromatic nitrogens is 2. The van der Waals surface area contributed by atoms with Crippen LogP contribution >= 0.6 is 11.6 Å². The third kappa shape index (κ3) is 5.96. The van der Waals surface area contributed by atoms with Crippen LogP contribution in [0.2, 0.25) is 5.02 Å². The lowest BCUT2D eigenvalue weighted by atomic mass is 9.96. The molecule has 10 heteroatoms. The topological polar surface area (TPSA) is 114 Å². The summed E-state index contributed by atoms with van der Waals surface area (Å²) < 4.78 is 10.7. The standard InChI is InChI=1S/C30H33ClN4O5/c1-18(20-4-3-5-23(13-20)39-2)33-29(37)26(17-36)35-16-22-7-6-21(14-24(22)30(35)38)28-25(31)15-32-27(34-28)12-19-8-10-40-11-9-19/h3-7,13-15,18-19,26,36H,8-12,16-17H2,1-2H3,(H,33,37)/t18-,26+/m1/s1.